The molecular weight excluding hydrogens is 246 g/mol. The van der Waals surface area contributed by atoms with Gasteiger partial charge in [-0.15, -0.1) is 0 Å². The van der Waals surface area contributed by atoms with Gasteiger partial charge in [0, 0.05) is 18.6 Å². The van der Waals surface area contributed by atoms with Crippen molar-refractivity contribution in [2.24, 2.45) is 0 Å². The minimum atomic E-state index is -1.09. The van der Waals surface area contributed by atoms with Crippen molar-refractivity contribution in [3.8, 4) is 0 Å². The third-order valence-corrected chi connectivity index (χ3v) is 2.36. The lowest BCUT2D eigenvalue weighted by molar-refractivity contribution is -0.115. The first-order valence-electron chi connectivity index (χ1n) is 5.52. The summed E-state index contributed by atoms with van der Waals surface area (Å²) in [7, 11) is 0. The van der Waals surface area contributed by atoms with Gasteiger partial charge in [0.2, 0.25) is 5.91 Å². The average Bonchev–Trinajstić information content (AvgIpc) is 2.40. The molecule has 0 radical (unpaired) electrons. The first-order chi connectivity index (χ1) is 9.15. The molecular formula is C13H11N3O3. The van der Waals surface area contributed by atoms with Crippen LogP contribution >= 0.6 is 0 Å². The maximum atomic E-state index is 11.7. The fourth-order valence-electron chi connectivity index (χ4n) is 1.52. The van der Waals surface area contributed by atoms with E-state index in [1.165, 1.54) is 18.5 Å². The number of nitrogens with zero attached hydrogens (tertiary/aromatic N) is 2. The van der Waals surface area contributed by atoms with Gasteiger partial charge in [0.1, 0.15) is 0 Å². The molecule has 0 atom stereocenters. The highest BCUT2D eigenvalue weighted by Crippen LogP contribution is 2.09. The number of amides is 1. The van der Waals surface area contributed by atoms with Crippen molar-refractivity contribution in [3.63, 3.8) is 0 Å². The fraction of sp³-hybridized carbons (Fsp3) is 0.0769. The van der Waals surface area contributed by atoms with E-state index in [4.69, 9.17) is 5.11 Å². The Hall–Kier alpha value is -2.76. The predicted molar refractivity (Wildman–Crippen MR) is 67.8 cm³/mol. The van der Waals surface area contributed by atoms with E-state index in [0.717, 1.165) is 5.56 Å². The molecule has 2 heterocycles. The molecule has 0 aliphatic carbocycles. The van der Waals surface area contributed by atoms with Crippen LogP contribution in [0.3, 0.4) is 0 Å². The fourth-order valence-corrected chi connectivity index (χ4v) is 1.52. The lowest BCUT2D eigenvalue weighted by atomic mass is 10.2. The predicted octanol–water partition coefficient (Wildman–Crippen LogP) is 1.36. The van der Waals surface area contributed by atoms with Crippen molar-refractivity contribution in [1.82, 2.24) is 9.97 Å². The standard InChI is InChI=1S/C13H11N3O3/c17-12(4-9-2-1-3-14-6-9)16-11-5-10(13(18)19)7-15-8-11/h1-3,5-8H,4H2,(H,16,17)(H,18,19). The highest BCUT2D eigenvalue weighted by Gasteiger charge is 2.07. The normalized spacial score (nSPS) is 9.89. The molecule has 0 bridgehead atoms. The molecule has 2 rings (SSSR count). The van der Waals surface area contributed by atoms with Gasteiger partial charge in [0.05, 0.1) is 23.9 Å². The van der Waals surface area contributed by atoms with Gasteiger partial charge in [0.15, 0.2) is 0 Å². The maximum Gasteiger partial charge on any atom is 0.337 e. The van der Waals surface area contributed by atoms with Crippen molar-refractivity contribution in [2.45, 2.75) is 6.42 Å². The number of hydrogen-bond acceptors (Lipinski definition) is 4. The van der Waals surface area contributed by atoms with Crippen LogP contribution < -0.4 is 5.32 Å². The maximum absolute atomic E-state index is 11.7. The Morgan fingerprint density at radius 2 is 2.05 bits per heavy atom. The second kappa shape index (κ2) is 5.72. The van der Waals surface area contributed by atoms with Gasteiger partial charge in [-0.2, -0.15) is 0 Å². The third-order valence-electron chi connectivity index (χ3n) is 2.36. The van der Waals surface area contributed by atoms with Crippen LogP contribution in [-0.2, 0) is 11.2 Å². The number of carbonyl (C=O) groups excluding carboxylic acids is 1. The van der Waals surface area contributed by atoms with Crippen LogP contribution in [0.2, 0.25) is 0 Å². The van der Waals surface area contributed by atoms with Crippen LogP contribution in [-0.4, -0.2) is 27.0 Å². The smallest absolute Gasteiger partial charge is 0.337 e. The van der Waals surface area contributed by atoms with Crippen molar-refractivity contribution in [3.05, 3.63) is 54.1 Å². The number of aromatic nitrogens is 2. The van der Waals surface area contributed by atoms with Gasteiger partial charge in [-0.3, -0.25) is 14.8 Å². The Balaban J connectivity index is 2.03. The summed E-state index contributed by atoms with van der Waals surface area (Å²) >= 11 is 0. The van der Waals surface area contributed by atoms with Crippen molar-refractivity contribution in [1.29, 1.82) is 0 Å². The minimum Gasteiger partial charge on any atom is -0.478 e. The van der Waals surface area contributed by atoms with E-state index in [-0.39, 0.29) is 17.9 Å². The first-order valence-corrected chi connectivity index (χ1v) is 5.52. The molecule has 0 aliphatic rings. The monoisotopic (exact) mass is 257 g/mol. The van der Waals surface area contributed by atoms with Crippen LogP contribution in [0.5, 0.6) is 0 Å². The molecule has 2 aromatic rings. The lowest BCUT2D eigenvalue weighted by Gasteiger charge is -2.05. The lowest BCUT2D eigenvalue weighted by Crippen LogP contribution is -2.15. The topological polar surface area (TPSA) is 92.2 Å². The van der Waals surface area contributed by atoms with E-state index in [1.807, 2.05) is 0 Å². The number of carboxylic acids is 1. The molecule has 0 aromatic carbocycles. The summed E-state index contributed by atoms with van der Waals surface area (Å²) in [6.07, 6.45) is 6.02. The minimum absolute atomic E-state index is 0.0270. The largest absolute Gasteiger partial charge is 0.478 e. The van der Waals surface area contributed by atoms with E-state index < -0.39 is 5.97 Å². The van der Waals surface area contributed by atoms with Crippen LogP contribution in [0.1, 0.15) is 15.9 Å². The molecule has 19 heavy (non-hydrogen) atoms. The Morgan fingerprint density at radius 3 is 2.74 bits per heavy atom. The Morgan fingerprint density at radius 1 is 1.21 bits per heavy atom. The highest BCUT2D eigenvalue weighted by molar-refractivity contribution is 5.94. The molecule has 2 aromatic heterocycles. The Labute approximate surface area is 109 Å². The van der Waals surface area contributed by atoms with Gasteiger partial charge >= 0.3 is 5.97 Å². The number of hydrogen-bond donors (Lipinski definition) is 2. The zero-order valence-corrected chi connectivity index (χ0v) is 9.91. The highest BCUT2D eigenvalue weighted by atomic mass is 16.4. The quantitative estimate of drug-likeness (QED) is 0.862. The second-order valence-corrected chi connectivity index (χ2v) is 3.85. The first kappa shape index (κ1) is 12.7. The van der Waals surface area contributed by atoms with Gasteiger partial charge in [-0.05, 0) is 17.7 Å². The number of rotatable bonds is 4. The van der Waals surface area contributed by atoms with E-state index in [1.54, 1.807) is 24.5 Å². The van der Waals surface area contributed by atoms with Crippen molar-refractivity contribution in [2.75, 3.05) is 5.32 Å². The van der Waals surface area contributed by atoms with Gasteiger partial charge in [-0.25, -0.2) is 4.79 Å². The zero-order valence-electron chi connectivity index (χ0n) is 9.91. The van der Waals surface area contributed by atoms with Gasteiger partial charge in [0.25, 0.3) is 0 Å². The summed E-state index contributed by atoms with van der Waals surface area (Å²) in [4.78, 5) is 30.2. The summed E-state index contributed by atoms with van der Waals surface area (Å²) < 4.78 is 0. The molecule has 0 aliphatic heterocycles. The molecule has 6 heteroatoms. The average molecular weight is 257 g/mol. The molecule has 96 valence electrons. The summed E-state index contributed by atoms with van der Waals surface area (Å²) in [5.41, 5.74) is 1.16. The SMILES string of the molecule is O=C(Cc1cccnc1)Nc1cncc(C(=O)O)c1. The number of carbonyl (C=O) groups is 2. The molecule has 0 spiro atoms. The van der Waals surface area contributed by atoms with Gasteiger partial charge < -0.3 is 10.4 Å². The van der Waals surface area contributed by atoms with E-state index in [2.05, 4.69) is 15.3 Å². The molecule has 0 saturated carbocycles. The molecule has 6 nitrogen and oxygen atoms in total. The Kier molecular flexibility index (Phi) is 3.82. The van der Waals surface area contributed by atoms with E-state index in [0.29, 0.717) is 5.69 Å². The number of aromatic carboxylic acids is 1. The van der Waals surface area contributed by atoms with Crippen LogP contribution in [0.4, 0.5) is 5.69 Å². The molecule has 2 N–H and O–H groups in total. The van der Waals surface area contributed by atoms with Crippen molar-refractivity contribution >= 4 is 17.6 Å². The third kappa shape index (κ3) is 3.60. The van der Waals surface area contributed by atoms with Crippen molar-refractivity contribution < 1.29 is 14.7 Å². The van der Waals surface area contributed by atoms with Crippen LogP contribution in [0, 0.1) is 0 Å². The number of anilines is 1. The molecule has 0 saturated heterocycles. The molecule has 0 unspecified atom stereocenters. The summed E-state index contributed by atoms with van der Waals surface area (Å²) in [6.45, 7) is 0. The summed E-state index contributed by atoms with van der Waals surface area (Å²) in [6, 6.07) is 4.89. The van der Waals surface area contributed by atoms with E-state index in [9.17, 15) is 9.59 Å². The molecule has 1 amide bonds. The summed E-state index contributed by atoms with van der Waals surface area (Å²) in [5.74, 6) is -1.34. The van der Waals surface area contributed by atoms with Crippen LogP contribution in [0.25, 0.3) is 0 Å². The summed E-state index contributed by atoms with van der Waals surface area (Å²) in [5, 5.41) is 11.4. The van der Waals surface area contributed by atoms with Gasteiger partial charge in [-0.1, -0.05) is 6.07 Å². The second-order valence-electron chi connectivity index (χ2n) is 3.85. The zero-order chi connectivity index (χ0) is 13.7. The molecule has 0 fully saturated rings. The van der Waals surface area contributed by atoms with Crippen LogP contribution in [0.15, 0.2) is 43.0 Å². The Bertz CT molecular complexity index is 599. The number of carboxylic acid groups (broad SMARTS) is 1. The number of pyridine rings is 2. The number of nitrogens with one attached hydrogen (secondary N) is 1. The van der Waals surface area contributed by atoms with E-state index >= 15 is 0 Å².